The summed E-state index contributed by atoms with van der Waals surface area (Å²) < 4.78 is 28.1. The van der Waals surface area contributed by atoms with Crippen molar-refractivity contribution in [3.05, 3.63) is 26.6 Å². The molecule has 20 heavy (non-hydrogen) atoms. The molecule has 1 fully saturated rings. The average Bonchev–Trinajstić information content (AvgIpc) is 2.42. The molecule has 1 saturated heterocycles. The molecule has 1 aromatic rings. The fourth-order valence-electron chi connectivity index (χ4n) is 2.27. The standard InChI is InChI=1S/C13H14Br2N2O2S/c1-9-6-12(15)13(7-11(9)14)20(18,19)17-5-3-2-4-10(17)8-16/h6-7,10H,2-5H2,1H3. The van der Waals surface area contributed by atoms with Crippen LogP contribution in [0.1, 0.15) is 24.8 Å². The number of benzene rings is 1. The van der Waals surface area contributed by atoms with E-state index in [2.05, 4.69) is 37.9 Å². The number of rotatable bonds is 2. The van der Waals surface area contributed by atoms with Crippen LogP contribution in [0.25, 0.3) is 0 Å². The molecule has 7 heteroatoms. The van der Waals surface area contributed by atoms with Gasteiger partial charge >= 0.3 is 0 Å². The van der Waals surface area contributed by atoms with Crippen LogP contribution in [0, 0.1) is 18.3 Å². The second kappa shape index (κ2) is 6.14. The molecule has 0 N–H and O–H groups in total. The summed E-state index contributed by atoms with van der Waals surface area (Å²) in [5.74, 6) is 0. The Kier molecular flexibility index (Phi) is 4.90. The van der Waals surface area contributed by atoms with Crippen molar-refractivity contribution < 1.29 is 8.42 Å². The first kappa shape index (κ1) is 16.0. The van der Waals surface area contributed by atoms with Gasteiger partial charge in [-0.15, -0.1) is 0 Å². The van der Waals surface area contributed by atoms with E-state index in [-0.39, 0.29) is 4.90 Å². The number of hydrogen-bond donors (Lipinski definition) is 0. The highest BCUT2D eigenvalue weighted by Gasteiger charge is 2.34. The average molecular weight is 422 g/mol. The Hall–Kier alpha value is -0.420. The first-order valence-corrected chi connectivity index (χ1v) is 9.27. The van der Waals surface area contributed by atoms with Crippen molar-refractivity contribution in [1.29, 1.82) is 5.26 Å². The minimum Gasteiger partial charge on any atom is -0.207 e. The Morgan fingerprint density at radius 2 is 2.00 bits per heavy atom. The molecule has 0 aromatic heterocycles. The van der Waals surface area contributed by atoms with E-state index in [0.717, 1.165) is 22.9 Å². The van der Waals surface area contributed by atoms with Gasteiger partial charge in [-0.1, -0.05) is 15.9 Å². The molecule has 1 aliphatic heterocycles. The van der Waals surface area contributed by atoms with Crippen LogP contribution in [0.15, 0.2) is 26.0 Å². The fourth-order valence-corrected chi connectivity index (χ4v) is 5.52. The maximum Gasteiger partial charge on any atom is 0.245 e. The third-order valence-electron chi connectivity index (χ3n) is 3.40. The van der Waals surface area contributed by atoms with Gasteiger partial charge in [0, 0.05) is 15.5 Å². The van der Waals surface area contributed by atoms with Crippen molar-refractivity contribution in [3.63, 3.8) is 0 Å². The number of piperidine rings is 1. The molecule has 0 bridgehead atoms. The molecule has 1 heterocycles. The van der Waals surface area contributed by atoms with E-state index in [0.29, 0.717) is 17.4 Å². The highest BCUT2D eigenvalue weighted by atomic mass is 79.9. The molecule has 1 aromatic carbocycles. The molecule has 1 aliphatic rings. The lowest BCUT2D eigenvalue weighted by Crippen LogP contribution is -2.42. The molecule has 0 aliphatic carbocycles. The van der Waals surface area contributed by atoms with Gasteiger partial charge in [-0.2, -0.15) is 9.57 Å². The van der Waals surface area contributed by atoms with Gasteiger partial charge in [0.2, 0.25) is 10.0 Å². The quantitative estimate of drug-likeness (QED) is 0.732. The van der Waals surface area contributed by atoms with Crippen LogP contribution in [0.5, 0.6) is 0 Å². The van der Waals surface area contributed by atoms with Crippen molar-refractivity contribution in [1.82, 2.24) is 4.31 Å². The maximum absolute atomic E-state index is 12.8. The molecular weight excluding hydrogens is 408 g/mol. The largest absolute Gasteiger partial charge is 0.245 e. The van der Waals surface area contributed by atoms with E-state index in [9.17, 15) is 8.42 Å². The minimum atomic E-state index is -3.66. The van der Waals surface area contributed by atoms with Crippen LogP contribution in [0.2, 0.25) is 0 Å². The van der Waals surface area contributed by atoms with Crippen LogP contribution < -0.4 is 0 Å². The van der Waals surface area contributed by atoms with Gasteiger partial charge in [0.15, 0.2) is 0 Å². The highest BCUT2D eigenvalue weighted by Crippen LogP contribution is 2.33. The summed E-state index contributed by atoms with van der Waals surface area (Å²) in [5, 5.41) is 9.16. The van der Waals surface area contributed by atoms with Crippen LogP contribution in [-0.2, 0) is 10.0 Å². The summed E-state index contributed by atoms with van der Waals surface area (Å²) in [6, 6.07) is 4.89. The molecule has 108 valence electrons. The first-order valence-electron chi connectivity index (χ1n) is 6.25. The topological polar surface area (TPSA) is 61.2 Å². The van der Waals surface area contributed by atoms with Gasteiger partial charge in [0.25, 0.3) is 0 Å². The normalized spacial score (nSPS) is 20.6. The molecule has 0 spiro atoms. The van der Waals surface area contributed by atoms with Gasteiger partial charge < -0.3 is 0 Å². The predicted molar refractivity (Wildman–Crippen MR) is 83.7 cm³/mol. The Balaban J connectivity index is 2.50. The lowest BCUT2D eigenvalue weighted by atomic mass is 10.1. The van der Waals surface area contributed by atoms with Crippen molar-refractivity contribution in [3.8, 4) is 6.07 Å². The summed E-state index contributed by atoms with van der Waals surface area (Å²) >= 11 is 6.68. The number of aryl methyl sites for hydroxylation is 1. The molecule has 1 unspecified atom stereocenters. The number of nitriles is 1. The monoisotopic (exact) mass is 420 g/mol. The van der Waals surface area contributed by atoms with E-state index in [4.69, 9.17) is 5.26 Å². The molecule has 4 nitrogen and oxygen atoms in total. The van der Waals surface area contributed by atoms with E-state index in [1.807, 2.05) is 6.92 Å². The zero-order valence-corrected chi connectivity index (χ0v) is 14.9. The molecule has 1 atom stereocenters. The van der Waals surface area contributed by atoms with Gasteiger partial charge in [-0.05, 0) is 59.8 Å². The summed E-state index contributed by atoms with van der Waals surface area (Å²) in [5.41, 5.74) is 0.950. The van der Waals surface area contributed by atoms with Crippen molar-refractivity contribution >= 4 is 41.9 Å². The molecule has 0 saturated carbocycles. The molecular formula is C13H14Br2N2O2S. The minimum absolute atomic E-state index is 0.206. The smallest absolute Gasteiger partial charge is 0.207 e. The Bertz CT molecular complexity index is 668. The summed E-state index contributed by atoms with van der Waals surface area (Å²) in [6.07, 6.45) is 2.28. The van der Waals surface area contributed by atoms with Gasteiger partial charge in [0.05, 0.1) is 11.0 Å². The van der Waals surface area contributed by atoms with Gasteiger partial charge in [0.1, 0.15) is 6.04 Å². The van der Waals surface area contributed by atoms with Crippen molar-refractivity contribution in [2.45, 2.75) is 37.1 Å². The second-order valence-corrected chi connectivity index (χ2v) is 8.36. The van der Waals surface area contributed by atoms with E-state index in [1.54, 1.807) is 12.1 Å². The van der Waals surface area contributed by atoms with Gasteiger partial charge in [-0.3, -0.25) is 0 Å². The lowest BCUT2D eigenvalue weighted by molar-refractivity contribution is 0.297. The number of halogens is 2. The lowest BCUT2D eigenvalue weighted by Gasteiger charge is -2.30. The Morgan fingerprint density at radius 1 is 1.30 bits per heavy atom. The molecule has 2 rings (SSSR count). The van der Waals surface area contributed by atoms with E-state index in [1.165, 1.54) is 4.31 Å². The van der Waals surface area contributed by atoms with Crippen molar-refractivity contribution in [2.75, 3.05) is 6.54 Å². The molecule has 0 amide bonds. The van der Waals surface area contributed by atoms with E-state index >= 15 is 0 Å². The Labute approximate surface area is 136 Å². The zero-order valence-electron chi connectivity index (χ0n) is 10.9. The first-order chi connectivity index (χ1) is 9.37. The van der Waals surface area contributed by atoms with Crippen LogP contribution in [-0.4, -0.2) is 25.3 Å². The predicted octanol–water partition coefficient (Wildman–Crippen LogP) is 3.59. The summed E-state index contributed by atoms with van der Waals surface area (Å²) in [7, 11) is -3.66. The van der Waals surface area contributed by atoms with Crippen LogP contribution in [0.4, 0.5) is 0 Å². The highest BCUT2D eigenvalue weighted by molar-refractivity contribution is 9.11. The zero-order chi connectivity index (χ0) is 14.9. The summed E-state index contributed by atoms with van der Waals surface area (Å²) in [4.78, 5) is 0.206. The van der Waals surface area contributed by atoms with E-state index < -0.39 is 16.1 Å². The SMILES string of the molecule is Cc1cc(Br)c(S(=O)(=O)N2CCCCC2C#N)cc1Br. The Morgan fingerprint density at radius 3 is 2.65 bits per heavy atom. The third-order valence-corrected chi connectivity index (χ3v) is 7.12. The number of sulfonamides is 1. The fraction of sp³-hybridized carbons (Fsp3) is 0.462. The van der Waals surface area contributed by atoms with Gasteiger partial charge in [-0.25, -0.2) is 8.42 Å². The molecule has 0 radical (unpaired) electrons. The maximum atomic E-state index is 12.8. The number of nitrogens with zero attached hydrogens (tertiary/aromatic N) is 2. The third kappa shape index (κ3) is 2.93. The van der Waals surface area contributed by atoms with Crippen molar-refractivity contribution in [2.24, 2.45) is 0 Å². The van der Waals surface area contributed by atoms with Crippen LogP contribution in [0.3, 0.4) is 0 Å². The van der Waals surface area contributed by atoms with Crippen LogP contribution >= 0.6 is 31.9 Å². The summed E-state index contributed by atoms with van der Waals surface area (Å²) in [6.45, 7) is 2.29. The number of hydrogen-bond acceptors (Lipinski definition) is 3. The second-order valence-electron chi connectivity index (χ2n) is 4.79.